The van der Waals surface area contributed by atoms with E-state index in [0.29, 0.717) is 0 Å². The number of nitro groups is 1. The maximum Gasteiger partial charge on any atom is 0.405 e. The van der Waals surface area contributed by atoms with E-state index < -0.39 is 35.6 Å². The van der Waals surface area contributed by atoms with Crippen LogP contribution in [-0.4, -0.2) is 45.8 Å². The van der Waals surface area contributed by atoms with E-state index in [9.17, 15) is 24.5 Å². The van der Waals surface area contributed by atoms with Crippen LogP contribution in [0.5, 0.6) is 0 Å². The zero-order valence-electron chi connectivity index (χ0n) is 13.6. The van der Waals surface area contributed by atoms with Crippen molar-refractivity contribution in [1.82, 2.24) is 10.6 Å². The van der Waals surface area contributed by atoms with Gasteiger partial charge in [-0.2, -0.15) is 0 Å². The second kappa shape index (κ2) is 9.78. The number of aliphatic hydroxyl groups is 1. The number of benzene rings is 1. The smallest absolute Gasteiger partial charge is 0.405 e. The van der Waals surface area contributed by atoms with Gasteiger partial charge in [-0.05, 0) is 25.0 Å². The molecule has 7 N–H and O–H groups in total. The highest BCUT2D eigenvalue weighted by molar-refractivity contribution is 5.96. The van der Waals surface area contributed by atoms with Gasteiger partial charge in [0.15, 0.2) is 0 Å². The number of hydrogen-bond donors (Lipinski definition) is 6. The number of aliphatic hydroxyl groups excluding tert-OH is 1. The van der Waals surface area contributed by atoms with Crippen molar-refractivity contribution in [3.63, 3.8) is 0 Å². The summed E-state index contributed by atoms with van der Waals surface area (Å²) in [6.45, 7) is -0.391. The third kappa shape index (κ3) is 6.60. The molecule has 12 nitrogen and oxygen atoms in total. The first kappa shape index (κ1) is 20.6. The molecule has 0 saturated carbocycles. The van der Waals surface area contributed by atoms with Gasteiger partial charge in [0.25, 0.3) is 5.69 Å². The van der Waals surface area contributed by atoms with Crippen LogP contribution in [0.15, 0.2) is 18.2 Å². The van der Waals surface area contributed by atoms with Gasteiger partial charge in [-0.25, -0.2) is 9.59 Å². The van der Waals surface area contributed by atoms with Gasteiger partial charge in [0.2, 0.25) is 5.91 Å². The summed E-state index contributed by atoms with van der Waals surface area (Å²) < 4.78 is 0. The molecule has 0 spiro atoms. The van der Waals surface area contributed by atoms with Crippen molar-refractivity contribution in [2.24, 2.45) is 5.73 Å². The molecule has 0 aliphatic rings. The molecule has 0 radical (unpaired) electrons. The molecule has 142 valence electrons. The van der Waals surface area contributed by atoms with E-state index in [1.807, 2.05) is 5.32 Å². The molecule has 26 heavy (non-hydrogen) atoms. The van der Waals surface area contributed by atoms with Crippen LogP contribution in [0.4, 0.5) is 21.0 Å². The van der Waals surface area contributed by atoms with E-state index in [1.165, 1.54) is 12.1 Å². The molecule has 0 aliphatic heterocycles. The third-order valence-corrected chi connectivity index (χ3v) is 3.30. The zero-order valence-corrected chi connectivity index (χ0v) is 13.6. The van der Waals surface area contributed by atoms with E-state index in [1.54, 1.807) is 0 Å². The zero-order chi connectivity index (χ0) is 19.7. The van der Waals surface area contributed by atoms with Crippen LogP contribution < -0.4 is 21.7 Å². The van der Waals surface area contributed by atoms with Crippen molar-refractivity contribution in [3.05, 3.63) is 33.9 Å². The number of carbonyl (C=O) groups is 3. The molecule has 0 saturated heterocycles. The standard InChI is InChI=1S/C14H19N5O7/c15-13(22)16-5-1-2-10(18-14(23)24)12(21)17-9-4-3-8(7-20)11(6-9)19(25)26/h3-4,6,10,18,20H,1-2,5,7H2,(H,17,21)(H,23,24)(H3,15,16,22). The number of nitrogens with one attached hydrogen (secondary N) is 3. The van der Waals surface area contributed by atoms with Gasteiger partial charge < -0.3 is 31.9 Å². The average Bonchev–Trinajstić information content (AvgIpc) is 2.56. The minimum atomic E-state index is -1.42. The predicted molar refractivity (Wildman–Crippen MR) is 89.4 cm³/mol. The molecular weight excluding hydrogens is 350 g/mol. The first-order valence-corrected chi connectivity index (χ1v) is 7.46. The number of hydrogen-bond acceptors (Lipinski definition) is 6. The van der Waals surface area contributed by atoms with Crippen LogP contribution in [0.3, 0.4) is 0 Å². The molecular formula is C14H19N5O7. The molecule has 0 fully saturated rings. The number of anilines is 1. The van der Waals surface area contributed by atoms with E-state index >= 15 is 0 Å². The number of primary amides is 1. The van der Waals surface area contributed by atoms with Gasteiger partial charge in [-0.1, -0.05) is 0 Å². The van der Waals surface area contributed by atoms with Crippen LogP contribution in [0.2, 0.25) is 0 Å². The monoisotopic (exact) mass is 369 g/mol. The Morgan fingerprint density at radius 1 is 1.31 bits per heavy atom. The average molecular weight is 369 g/mol. The Hall–Kier alpha value is -3.41. The summed E-state index contributed by atoms with van der Waals surface area (Å²) in [6, 6.07) is 1.82. The number of carboxylic acid groups (broad SMARTS) is 1. The highest BCUT2D eigenvalue weighted by Crippen LogP contribution is 2.23. The van der Waals surface area contributed by atoms with Crippen LogP contribution in [0, 0.1) is 10.1 Å². The molecule has 1 aromatic rings. The van der Waals surface area contributed by atoms with Crippen LogP contribution >= 0.6 is 0 Å². The molecule has 0 heterocycles. The van der Waals surface area contributed by atoms with Gasteiger partial charge in [0.1, 0.15) is 6.04 Å². The number of nitro benzene ring substituents is 1. The van der Waals surface area contributed by atoms with Crippen molar-refractivity contribution in [2.75, 3.05) is 11.9 Å². The summed E-state index contributed by atoms with van der Waals surface area (Å²) in [5.74, 6) is -0.725. The molecule has 12 heteroatoms. The third-order valence-electron chi connectivity index (χ3n) is 3.30. The van der Waals surface area contributed by atoms with Crippen LogP contribution in [0.1, 0.15) is 18.4 Å². The summed E-state index contributed by atoms with van der Waals surface area (Å²) in [5.41, 5.74) is 4.68. The van der Waals surface area contributed by atoms with Crippen LogP contribution in [0.25, 0.3) is 0 Å². The summed E-state index contributed by atoms with van der Waals surface area (Å²) in [6.07, 6.45) is -1.09. The Kier molecular flexibility index (Phi) is 7.76. The largest absolute Gasteiger partial charge is 0.465 e. The Balaban J connectivity index is 2.81. The Bertz CT molecular complexity index is 694. The second-order valence-electron chi connectivity index (χ2n) is 5.18. The lowest BCUT2D eigenvalue weighted by Gasteiger charge is -2.17. The number of carbonyl (C=O) groups excluding carboxylic acids is 2. The summed E-state index contributed by atoms with van der Waals surface area (Å²) in [7, 11) is 0. The van der Waals surface area contributed by atoms with E-state index in [4.69, 9.17) is 15.9 Å². The first-order chi connectivity index (χ1) is 12.2. The van der Waals surface area contributed by atoms with Crippen molar-refractivity contribution >= 4 is 29.4 Å². The first-order valence-electron chi connectivity index (χ1n) is 7.46. The fourth-order valence-electron chi connectivity index (χ4n) is 2.11. The van der Waals surface area contributed by atoms with Crippen molar-refractivity contribution in [3.8, 4) is 0 Å². The summed E-state index contributed by atoms with van der Waals surface area (Å²) in [5, 5.41) is 35.6. The molecule has 1 unspecified atom stereocenters. The van der Waals surface area contributed by atoms with Crippen molar-refractivity contribution in [1.29, 1.82) is 0 Å². The number of rotatable bonds is 9. The van der Waals surface area contributed by atoms with Crippen LogP contribution in [-0.2, 0) is 11.4 Å². The molecule has 0 bridgehead atoms. The van der Waals surface area contributed by atoms with E-state index in [0.717, 1.165) is 6.07 Å². The fourth-order valence-corrected chi connectivity index (χ4v) is 2.11. The Labute approximate surface area is 147 Å². The Morgan fingerprint density at radius 2 is 2.00 bits per heavy atom. The molecule has 1 aromatic carbocycles. The Morgan fingerprint density at radius 3 is 2.54 bits per heavy atom. The molecule has 0 aliphatic carbocycles. The minimum absolute atomic E-state index is 0.0647. The molecule has 4 amide bonds. The number of nitrogens with two attached hydrogens (primary N) is 1. The highest BCUT2D eigenvalue weighted by atomic mass is 16.6. The minimum Gasteiger partial charge on any atom is -0.465 e. The maximum absolute atomic E-state index is 12.2. The molecule has 0 aromatic heterocycles. The van der Waals surface area contributed by atoms with Crippen molar-refractivity contribution in [2.45, 2.75) is 25.5 Å². The van der Waals surface area contributed by atoms with Gasteiger partial charge in [0.05, 0.1) is 17.1 Å². The van der Waals surface area contributed by atoms with Gasteiger partial charge >= 0.3 is 12.1 Å². The number of amides is 4. The number of urea groups is 1. The van der Waals surface area contributed by atoms with E-state index in [2.05, 4.69) is 10.6 Å². The SMILES string of the molecule is NC(=O)NCCCC(NC(=O)O)C(=O)Nc1ccc(CO)c([N+](=O)[O-])c1. The fraction of sp³-hybridized carbons (Fsp3) is 0.357. The van der Waals surface area contributed by atoms with E-state index in [-0.39, 0.29) is 36.3 Å². The summed E-state index contributed by atoms with van der Waals surface area (Å²) >= 11 is 0. The molecule has 1 rings (SSSR count). The quantitative estimate of drug-likeness (QED) is 0.201. The highest BCUT2D eigenvalue weighted by Gasteiger charge is 2.22. The van der Waals surface area contributed by atoms with Crippen molar-refractivity contribution < 1.29 is 29.5 Å². The van der Waals surface area contributed by atoms with Gasteiger partial charge in [-0.15, -0.1) is 0 Å². The normalized spacial score (nSPS) is 11.3. The molecule has 1 atom stereocenters. The lowest BCUT2D eigenvalue weighted by atomic mass is 10.1. The lowest BCUT2D eigenvalue weighted by Crippen LogP contribution is -2.43. The lowest BCUT2D eigenvalue weighted by molar-refractivity contribution is -0.385. The maximum atomic E-state index is 12.2. The second-order valence-corrected chi connectivity index (χ2v) is 5.18. The van der Waals surface area contributed by atoms with Gasteiger partial charge in [-0.3, -0.25) is 14.9 Å². The number of nitrogens with zero attached hydrogens (tertiary/aromatic N) is 1. The van der Waals surface area contributed by atoms with Gasteiger partial charge in [0, 0.05) is 18.3 Å². The predicted octanol–water partition coefficient (Wildman–Crippen LogP) is 0.110. The topological polar surface area (TPSA) is 197 Å². The summed E-state index contributed by atoms with van der Waals surface area (Å²) in [4.78, 5) is 43.9.